The van der Waals surface area contributed by atoms with Gasteiger partial charge in [0, 0.05) is 6.42 Å². The lowest BCUT2D eigenvalue weighted by Gasteiger charge is -2.48. The van der Waals surface area contributed by atoms with Crippen LogP contribution in [0.5, 0.6) is 0 Å². The molecule has 11 atom stereocenters. The number of nitrogens with zero attached hydrogens (tertiary/aromatic N) is 1. The average Bonchev–Trinajstić information content (AvgIpc) is 2.86. The predicted molar refractivity (Wildman–Crippen MR) is 124 cm³/mol. The Balaban J connectivity index is 1.51. The van der Waals surface area contributed by atoms with Crippen molar-refractivity contribution in [3.63, 3.8) is 0 Å². The quantitative estimate of drug-likeness (QED) is 0.170. The minimum atomic E-state index is -1.72. The van der Waals surface area contributed by atoms with Crippen LogP contribution in [0.4, 0.5) is 0 Å². The molecule has 14 nitrogen and oxygen atoms in total. The number of carbonyl (C=O) groups is 1. The first-order valence-corrected chi connectivity index (χ1v) is 12.5. The highest BCUT2D eigenvalue weighted by Gasteiger charge is 2.52. The van der Waals surface area contributed by atoms with Gasteiger partial charge in [-0.1, -0.05) is 0 Å². The van der Waals surface area contributed by atoms with E-state index in [9.17, 15) is 40.7 Å². The number of rotatable bonds is 9. The second-order valence-electron chi connectivity index (χ2n) is 11.2. The summed E-state index contributed by atoms with van der Waals surface area (Å²) >= 11 is 0. The van der Waals surface area contributed by atoms with Crippen LogP contribution in [0.3, 0.4) is 0 Å². The maximum absolute atomic E-state index is 12.5. The molecule has 3 saturated heterocycles. The fourth-order valence-corrected chi connectivity index (χ4v) is 4.86. The van der Waals surface area contributed by atoms with Crippen molar-refractivity contribution in [3.8, 4) is 6.07 Å². The predicted octanol–water partition coefficient (Wildman–Crippen LogP) is -2.11. The highest BCUT2D eigenvalue weighted by molar-refractivity contribution is 5.76. The standard InChI is InChI=1S/C24H39NO13/c1-23(2,10-25)9-24(3,4)22(32)33-6-5-13-34-8-12-19(37-13)16(29)18(31)21(36-12)38-20-17(30)15(28)14(27)11(7-26)35-20/h11-21,26-31H,5-9H2,1-4H3/t11-,12-,13?,14-,15+,16-,17-,18-,19-,20-,21-/m1/s1. The van der Waals surface area contributed by atoms with Crippen LogP contribution in [0, 0.1) is 22.2 Å². The Morgan fingerprint density at radius 2 is 1.58 bits per heavy atom. The molecule has 0 saturated carbocycles. The van der Waals surface area contributed by atoms with Crippen molar-refractivity contribution in [1.29, 1.82) is 5.26 Å². The maximum Gasteiger partial charge on any atom is 0.311 e. The first-order valence-electron chi connectivity index (χ1n) is 12.5. The van der Waals surface area contributed by atoms with Gasteiger partial charge in [-0.15, -0.1) is 0 Å². The third-order valence-electron chi connectivity index (χ3n) is 6.84. The molecule has 0 spiro atoms. The third-order valence-corrected chi connectivity index (χ3v) is 6.84. The van der Waals surface area contributed by atoms with Crippen LogP contribution in [-0.2, 0) is 33.2 Å². The van der Waals surface area contributed by atoms with E-state index in [-0.39, 0.29) is 19.6 Å². The molecule has 0 aromatic heterocycles. The van der Waals surface area contributed by atoms with Gasteiger partial charge in [-0.3, -0.25) is 4.79 Å². The zero-order chi connectivity index (χ0) is 28.4. The summed E-state index contributed by atoms with van der Waals surface area (Å²) in [4.78, 5) is 12.5. The van der Waals surface area contributed by atoms with Crippen LogP contribution in [-0.4, -0.2) is 124 Å². The summed E-state index contributed by atoms with van der Waals surface area (Å²) in [5.41, 5.74) is -1.58. The lowest BCUT2D eigenvalue weighted by molar-refractivity contribution is -0.398. The Bertz CT molecular complexity index is 844. The molecular weight excluding hydrogens is 510 g/mol. The third kappa shape index (κ3) is 6.98. The van der Waals surface area contributed by atoms with Gasteiger partial charge in [-0.2, -0.15) is 5.26 Å². The molecule has 3 rings (SSSR count). The number of hydrogen-bond donors (Lipinski definition) is 6. The molecule has 3 aliphatic rings. The van der Waals surface area contributed by atoms with Crippen LogP contribution < -0.4 is 0 Å². The van der Waals surface area contributed by atoms with E-state index in [0.29, 0.717) is 6.42 Å². The fraction of sp³-hybridized carbons (Fsp3) is 0.917. The second-order valence-corrected chi connectivity index (χ2v) is 11.2. The number of aliphatic hydroxyl groups is 6. The number of aliphatic hydroxyl groups excluding tert-OH is 6. The molecule has 0 radical (unpaired) electrons. The number of hydrogen-bond acceptors (Lipinski definition) is 14. The summed E-state index contributed by atoms with van der Waals surface area (Å²) in [7, 11) is 0. The molecule has 6 N–H and O–H groups in total. The smallest absolute Gasteiger partial charge is 0.311 e. The molecule has 3 heterocycles. The molecule has 0 aromatic carbocycles. The molecule has 38 heavy (non-hydrogen) atoms. The van der Waals surface area contributed by atoms with Crippen molar-refractivity contribution in [2.24, 2.45) is 10.8 Å². The van der Waals surface area contributed by atoms with Crippen molar-refractivity contribution < 1.29 is 63.9 Å². The second kappa shape index (κ2) is 12.4. The first kappa shape index (κ1) is 31.1. The topological polar surface area (TPSA) is 218 Å². The number of fused-ring (bicyclic) bond motifs is 1. The van der Waals surface area contributed by atoms with Gasteiger partial charge in [0.25, 0.3) is 0 Å². The zero-order valence-electron chi connectivity index (χ0n) is 21.9. The van der Waals surface area contributed by atoms with Gasteiger partial charge in [-0.25, -0.2) is 0 Å². The van der Waals surface area contributed by atoms with E-state index in [1.165, 1.54) is 0 Å². The van der Waals surface area contributed by atoms with Crippen LogP contribution in [0.1, 0.15) is 40.5 Å². The van der Waals surface area contributed by atoms with Crippen LogP contribution in [0.25, 0.3) is 0 Å². The summed E-state index contributed by atoms with van der Waals surface area (Å²) in [6.45, 7) is 6.11. The van der Waals surface area contributed by atoms with Gasteiger partial charge in [0.2, 0.25) is 0 Å². The maximum atomic E-state index is 12.5. The minimum absolute atomic E-state index is 0.0420. The molecule has 3 aliphatic heterocycles. The highest BCUT2D eigenvalue weighted by atomic mass is 16.8. The van der Waals surface area contributed by atoms with Crippen molar-refractivity contribution in [1.82, 2.24) is 0 Å². The lowest BCUT2D eigenvalue weighted by Crippen LogP contribution is -2.65. The Labute approximate surface area is 220 Å². The number of esters is 1. The Morgan fingerprint density at radius 1 is 0.947 bits per heavy atom. The first-order chi connectivity index (χ1) is 17.7. The molecule has 0 aromatic rings. The molecule has 0 amide bonds. The van der Waals surface area contributed by atoms with Crippen molar-refractivity contribution >= 4 is 5.97 Å². The fourth-order valence-electron chi connectivity index (χ4n) is 4.86. The van der Waals surface area contributed by atoms with E-state index in [4.69, 9.17) is 28.4 Å². The number of nitriles is 1. The highest BCUT2D eigenvalue weighted by Crippen LogP contribution is 2.35. The molecule has 3 fully saturated rings. The van der Waals surface area contributed by atoms with Gasteiger partial charge in [0.15, 0.2) is 18.9 Å². The van der Waals surface area contributed by atoms with E-state index >= 15 is 0 Å². The number of ether oxygens (including phenoxy) is 6. The SMILES string of the molecule is CC(C)(C#N)CC(C)(C)C(=O)OCCC1OC[C@H]2O[C@H](O[C@H]3O[C@H](CO)[C@@H](O)[C@H](O)[C@H]3O)[C@H](O)[C@@H](O)[C@@H]2O1. The summed E-state index contributed by atoms with van der Waals surface area (Å²) < 4.78 is 33.1. The lowest BCUT2D eigenvalue weighted by atomic mass is 9.76. The summed E-state index contributed by atoms with van der Waals surface area (Å²) in [6.07, 6.45) is -14.8. The van der Waals surface area contributed by atoms with E-state index in [1.807, 2.05) is 0 Å². The van der Waals surface area contributed by atoms with Crippen LogP contribution in [0.15, 0.2) is 0 Å². The van der Waals surface area contributed by atoms with E-state index in [0.717, 1.165) is 0 Å². The molecule has 0 bridgehead atoms. The Kier molecular flexibility index (Phi) is 10.1. The van der Waals surface area contributed by atoms with Crippen LogP contribution in [0.2, 0.25) is 0 Å². The van der Waals surface area contributed by atoms with Crippen molar-refractivity contribution in [2.75, 3.05) is 19.8 Å². The monoisotopic (exact) mass is 549 g/mol. The number of carbonyl (C=O) groups excluding carboxylic acids is 1. The normalized spacial score (nSPS) is 40.2. The molecule has 1 unspecified atom stereocenters. The van der Waals surface area contributed by atoms with Gasteiger partial charge in [-0.05, 0) is 34.1 Å². The van der Waals surface area contributed by atoms with E-state index in [1.54, 1.807) is 27.7 Å². The zero-order valence-corrected chi connectivity index (χ0v) is 21.9. The van der Waals surface area contributed by atoms with E-state index < -0.39 is 91.1 Å². The average molecular weight is 550 g/mol. The summed E-state index contributed by atoms with van der Waals surface area (Å²) in [5.74, 6) is -0.473. The van der Waals surface area contributed by atoms with Gasteiger partial charge in [0.1, 0.15) is 48.8 Å². The van der Waals surface area contributed by atoms with Crippen molar-refractivity contribution in [2.45, 2.75) is 108 Å². The molecule has 218 valence electrons. The summed E-state index contributed by atoms with van der Waals surface area (Å²) in [6, 6.07) is 2.17. The largest absolute Gasteiger partial charge is 0.465 e. The van der Waals surface area contributed by atoms with Crippen LogP contribution >= 0.6 is 0 Å². The summed E-state index contributed by atoms with van der Waals surface area (Å²) in [5, 5.41) is 69.8. The van der Waals surface area contributed by atoms with E-state index in [2.05, 4.69) is 6.07 Å². The van der Waals surface area contributed by atoms with Gasteiger partial charge in [0.05, 0.1) is 36.7 Å². The molecular formula is C24H39NO13. The van der Waals surface area contributed by atoms with Gasteiger partial charge >= 0.3 is 5.97 Å². The van der Waals surface area contributed by atoms with Crippen molar-refractivity contribution in [3.05, 3.63) is 0 Å². The van der Waals surface area contributed by atoms with Gasteiger partial charge < -0.3 is 59.1 Å². The molecule has 14 heteroatoms. The Morgan fingerprint density at radius 3 is 2.21 bits per heavy atom. The Hall–Kier alpha value is -1.48. The molecule has 0 aliphatic carbocycles. The minimum Gasteiger partial charge on any atom is -0.465 e.